The lowest BCUT2D eigenvalue weighted by atomic mass is 9.98. The first-order valence-electron chi connectivity index (χ1n) is 30.2. The van der Waals surface area contributed by atoms with E-state index in [0.29, 0.717) is 73.3 Å². The third kappa shape index (κ3) is 32.8. The Morgan fingerprint density at radius 2 is 0.772 bits per heavy atom. The van der Waals surface area contributed by atoms with Crippen LogP contribution in [0.25, 0.3) is 0 Å². The summed E-state index contributed by atoms with van der Waals surface area (Å²) in [5.41, 5.74) is -0.628. The fraction of sp³-hybridized carbons (Fsp3) is 0.902. The smallest absolute Gasteiger partial charge is 0.511 e. The lowest BCUT2D eigenvalue weighted by Gasteiger charge is -2.18. The van der Waals surface area contributed by atoms with Crippen molar-refractivity contribution in [2.75, 3.05) is 99.7 Å². The highest BCUT2D eigenvalue weighted by Gasteiger charge is 2.35. The summed E-state index contributed by atoms with van der Waals surface area (Å²) in [6.45, 7) is 15.4. The molecular weight excluding hydrogens is 1240 g/mol. The molecule has 0 amide bonds. The van der Waals surface area contributed by atoms with Crippen molar-refractivity contribution in [1.82, 2.24) is 25.0 Å². The van der Waals surface area contributed by atoms with Gasteiger partial charge in [0.25, 0.3) is 34.0 Å². The number of aliphatic hydroxyl groups excluding tert-OH is 5. The van der Waals surface area contributed by atoms with Crippen LogP contribution in [0.15, 0.2) is 26.4 Å². The van der Waals surface area contributed by atoms with Crippen LogP contribution in [0.1, 0.15) is 152 Å². The van der Waals surface area contributed by atoms with Gasteiger partial charge >= 0.3 is 30.0 Å². The second-order valence-corrected chi connectivity index (χ2v) is 21.7. The zero-order valence-electron chi connectivity index (χ0n) is 54.1. The molecule has 0 radical (unpaired) electrons. The minimum Gasteiger partial charge on any atom is -0.569 e. The molecule has 5 aliphatic rings. The molecule has 5 saturated heterocycles. The van der Waals surface area contributed by atoms with E-state index in [2.05, 4.69) is 69.5 Å². The molecule has 0 aromatic rings. The predicted molar refractivity (Wildman–Crippen MR) is 305 cm³/mol. The maximum atomic E-state index is 11.6. The molecule has 5 N–H and O–H groups in total. The maximum absolute atomic E-state index is 11.6. The Bertz CT molecular complexity index is 2270. The van der Waals surface area contributed by atoms with Crippen LogP contribution in [0.3, 0.4) is 0 Å². The van der Waals surface area contributed by atoms with Crippen molar-refractivity contribution in [3.8, 4) is 0 Å². The Labute approximate surface area is 532 Å². The van der Waals surface area contributed by atoms with Crippen LogP contribution in [0, 0.1) is 37.4 Å². The number of rotatable bonds is 31. The maximum Gasteiger partial charge on any atom is 0.511 e. The molecule has 0 aromatic heterocycles. The van der Waals surface area contributed by atoms with E-state index in [1.54, 1.807) is 34.6 Å². The highest BCUT2D eigenvalue weighted by atomic mass is 16.8. The monoisotopic (exact) mass is 1340 g/mol. The van der Waals surface area contributed by atoms with Gasteiger partial charge in [-0.2, -0.15) is 0 Å². The van der Waals surface area contributed by atoms with Crippen LogP contribution in [-0.4, -0.2) is 241 Å². The Hall–Kier alpha value is -8.05. The molecule has 5 rings (SSSR count). The summed E-state index contributed by atoms with van der Waals surface area (Å²) in [4.78, 5) is 79.5. The Kier molecular flexibility index (Phi) is 41.8. The number of esters is 4. The van der Waals surface area contributed by atoms with Gasteiger partial charge in [-0.3, -0.25) is 19.2 Å². The van der Waals surface area contributed by atoms with Crippen LogP contribution in [0.5, 0.6) is 0 Å². The molecule has 0 spiro atoms. The Morgan fingerprint density at radius 3 is 1.04 bits per heavy atom. The van der Waals surface area contributed by atoms with E-state index in [1.807, 2.05) is 20.8 Å². The minimum atomic E-state index is -0.892. The van der Waals surface area contributed by atoms with Gasteiger partial charge < -0.3 is 104 Å². The van der Waals surface area contributed by atoms with Gasteiger partial charge in [0.2, 0.25) is 26.4 Å². The lowest BCUT2D eigenvalue weighted by Crippen LogP contribution is -2.37. The van der Waals surface area contributed by atoms with Crippen molar-refractivity contribution in [3.63, 3.8) is 0 Å². The summed E-state index contributed by atoms with van der Waals surface area (Å²) in [5.74, 6) is -1.84. The van der Waals surface area contributed by atoms with Crippen LogP contribution in [0.2, 0.25) is 0 Å². The molecule has 5 atom stereocenters. The van der Waals surface area contributed by atoms with E-state index in [9.17, 15) is 50.0 Å². The predicted octanol–water partition coefficient (Wildman–Crippen LogP) is 3.09. The van der Waals surface area contributed by atoms with Crippen LogP contribution in [0.4, 0.5) is 4.79 Å². The Morgan fingerprint density at radius 1 is 0.478 bits per heavy atom. The number of carbonyl (C=O) groups is 5. The van der Waals surface area contributed by atoms with Crippen molar-refractivity contribution in [2.24, 2.45) is 37.7 Å². The van der Waals surface area contributed by atoms with E-state index in [1.165, 1.54) is 32.0 Å². The molecule has 0 bridgehead atoms. The van der Waals surface area contributed by atoms with E-state index in [-0.39, 0.29) is 111 Å². The molecule has 0 aromatic carbocycles. The van der Waals surface area contributed by atoms with Crippen molar-refractivity contribution < 1.29 is 127 Å². The summed E-state index contributed by atoms with van der Waals surface area (Å²) < 4.78 is 27.9. The summed E-state index contributed by atoms with van der Waals surface area (Å²) in [7, 11) is 0. The zero-order valence-corrected chi connectivity index (χ0v) is 54.1. The average molecular weight is 1340 g/mol. The number of aliphatic hydroxyl groups is 5. The zero-order chi connectivity index (χ0) is 69.0. The van der Waals surface area contributed by atoms with E-state index in [0.717, 1.165) is 64.2 Å². The van der Waals surface area contributed by atoms with Crippen molar-refractivity contribution in [1.29, 1.82) is 0 Å². The van der Waals surface area contributed by atoms with Gasteiger partial charge in [-0.05, 0) is 118 Å². The fourth-order valence-electron chi connectivity index (χ4n) is 8.66. The molecule has 5 fully saturated rings. The molecule has 0 aliphatic carbocycles. The van der Waals surface area contributed by atoms with Crippen LogP contribution >= 0.6 is 0 Å². The van der Waals surface area contributed by atoms with Crippen molar-refractivity contribution >= 4 is 30.0 Å². The molecular formula is C51H97N15O26. The van der Waals surface area contributed by atoms with E-state index < -0.39 is 43.9 Å². The lowest BCUT2D eigenvalue weighted by molar-refractivity contribution is -0.715. The van der Waals surface area contributed by atoms with Gasteiger partial charge in [0, 0.05) is 13.3 Å². The SMILES string of the molecule is CC(=O)OCO/N=[N+](\[O-])N1CCCC1CO.CC(C)(C)C(=O)OCO/N=[N+](\[O-])N1CCCC1CO.CC(C)OC(=O)OCO/N=[N+](\[O-])N1CCCC1CO.CCC(CC)C(=O)OCO/N=[N+](\[O-])N1CCCC1CO.CCCC(=O)OCO/N=[N+](\[O-])N1CCCC1CO. The number of ether oxygens (including phenoxy) is 6. The van der Waals surface area contributed by atoms with Gasteiger partial charge in [-0.25, -0.2) is 4.79 Å². The molecule has 5 heterocycles. The quantitative estimate of drug-likeness (QED) is 0.0127. The first-order valence-corrected chi connectivity index (χ1v) is 30.2. The molecule has 41 nitrogen and oxygen atoms in total. The Balaban J connectivity index is 0.000000576. The normalized spacial score (nSPS) is 20.1. The van der Waals surface area contributed by atoms with Crippen LogP contribution in [-0.2, 0) is 71.8 Å². The summed E-state index contributed by atoms with van der Waals surface area (Å²) in [6.07, 6.45) is 9.00. The number of hydrogen-bond donors (Lipinski definition) is 5. The third-order valence-corrected chi connectivity index (χ3v) is 13.6. The van der Waals surface area contributed by atoms with E-state index >= 15 is 0 Å². The molecule has 41 heteroatoms. The van der Waals surface area contributed by atoms with Crippen LogP contribution < -0.4 is 0 Å². The summed E-state index contributed by atoms with van der Waals surface area (Å²) >= 11 is 0. The number of nitrogens with zero attached hydrogens (tertiary/aromatic N) is 15. The molecule has 92 heavy (non-hydrogen) atoms. The van der Waals surface area contributed by atoms with Crippen molar-refractivity contribution in [2.45, 2.75) is 189 Å². The van der Waals surface area contributed by atoms with Gasteiger partial charge in [0.05, 0.1) is 108 Å². The third-order valence-electron chi connectivity index (χ3n) is 13.6. The number of carbonyl (C=O) groups excluding carboxylic acids is 5. The number of hydrogen-bond acceptors (Lipinski definition) is 31. The molecule has 0 saturated carbocycles. The largest absolute Gasteiger partial charge is 0.569 e. The van der Waals surface area contributed by atoms with Gasteiger partial charge in [-0.15, -0.1) is 25.0 Å². The average Bonchev–Trinajstić information content (AvgIpc) is 2.41. The highest BCUT2D eigenvalue weighted by Crippen LogP contribution is 2.21. The topological polar surface area (TPSA) is 496 Å². The van der Waals surface area contributed by atoms with Gasteiger partial charge in [0.1, 0.15) is 30.2 Å². The standard InChI is InChI=1S/C12H23N3O5.C11H21N3O5.C10H19N3O6.C10H19N3O5.C8H15N3O5/c1-3-10(4-2)12(17)19-9-20-13-15(18)14-7-5-6-11(14)8-16;1-11(2,3)10(16)18-8-19-12-14(17)13-6-4-5-9(13)7-15;1-8(2)19-10(15)17-7-18-11-13(16)12-5-3-4-9(12)6-14;1-2-4-10(15)17-8-18-11-13(16)12-6-3-5-9(12)7-14;1-7(13)15-6-16-9-11(14)10-4-2-3-8(10)5-12/h10-11,16H,3-9H2,1-2H3;9,15H,4-8H2,1-3H3;8-9,14H,3-7H2,1-2H3;9,14H,2-8H2,1H3;8,12H,2-6H2,1H3/b15-13-;14-12-;2*13-11-;11-9-. The fourth-order valence-corrected chi connectivity index (χ4v) is 8.66. The first-order chi connectivity index (χ1) is 43.9. The summed E-state index contributed by atoms with van der Waals surface area (Å²) in [5, 5.41) is 126. The van der Waals surface area contributed by atoms with Gasteiger partial charge in [0.15, 0.2) is 0 Å². The van der Waals surface area contributed by atoms with E-state index in [4.69, 9.17) is 35.0 Å². The highest BCUT2D eigenvalue weighted by molar-refractivity contribution is 5.75. The molecule has 5 unspecified atom stereocenters. The summed E-state index contributed by atoms with van der Waals surface area (Å²) in [6, 6.07) is -1.17. The molecule has 5 aliphatic heterocycles. The second-order valence-electron chi connectivity index (χ2n) is 21.7. The van der Waals surface area contributed by atoms with Gasteiger partial charge in [-0.1, -0.05) is 20.8 Å². The first kappa shape index (κ1) is 82.0. The number of hydrazine groups is 5. The second kappa shape index (κ2) is 46.9. The minimum absolute atomic E-state index is 0.0975. The van der Waals surface area contributed by atoms with Crippen molar-refractivity contribution in [3.05, 3.63) is 26.0 Å². The molecule has 532 valence electrons.